The lowest BCUT2D eigenvalue weighted by atomic mass is 10.0. The summed E-state index contributed by atoms with van der Waals surface area (Å²) in [5.41, 5.74) is -0.377. The van der Waals surface area contributed by atoms with E-state index >= 15 is 0 Å². The minimum absolute atomic E-state index is 0.138. The number of Topliss-reactive ketones (excluding diaryl/α,β-unsaturated/α-hetero) is 1. The Balaban J connectivity index is 2.57. The number of halogens is 3. The molecule has 98 valence electrons. The Morgan fingerprint density at radius 3 is 2.50 bits per heavy atom. The van der Waals surface area contributed by atoms with E-state index in [9.17, 15) is 18.0 Å². The predicted molar refractivity (Wildman–Crippen MR) is 63.9 cm³/mol. The van der Waals surface area contributed by atoms with E-state index in [1.54, 1.807) is 6.08 Å². The van der Waals surface area contributed by atoms with Crippen molar-refractivity contribution in [3.63, 3.8) is 0 Å². The number of carbonyl (C=O) groups excluding carboxylic acids is 1. The first-order chi connectivity index (χ1) is 8.57. The Labute approximate surface area is 104 Å². The van der Waals surface area contributed by atoms with Crippen LogP contribution in [0.2, 0.25) is 0 Å². The second-order valence-corrected chi connectivity index (χ2v) is 4.03. The topological polar surface area (TPSA) is 17.1 Å². The molecule has 0 fully saturated rings. The van der Waals surface area contributed by atoms with Crippen LogP contribution in [0.1, 0.15) is 42.5 Å². The first kappa shape index (κ1) is 14.5. The van der Waals surface area contributed by atoms with Crippen LogP contribution in [-0.2, 0) is 0 Å². The minimum atomic E-state index is -1.59. The van der Waals surface area contributed by atoms with Crippen LogP contribution >= 0.6 is 0 Å². The fraction of sp³-hybridized carbons (Fsp3) is 0.357. The van der Waals surface area contributed by atoms with Crippen LogP contribution < -0.4 is 0 Å². The lowest BCUT2D eigenvalue weighted by molar-refractivity contribution is 0.0974. The summed E-state index contributed by atoms with van der Waals surface area (Å²) in [7, 11) is 0. The molecule has 0 N–H and O–H groups in total. The van der Waals surface area contributed by atoms with Crippen molar-refractivity contribution in [2.75, 3.05) is 0 Å². The van der Waals surface area contributed by atoms with Gasteiger partial charge in [0.2, 0.25) is 0 Å². The SMILES string of the molecule is C=CCCCCCC(=O)c1ccc(F)c(F)c1F. The third kappa shape index (κ3) is 3.72. The van der Waals surface area contributed by atoms with Gasteiger partial charge in [0.05, 0.1) is 5.56 Å². The average Bonchev–Trinajstić information content (AvgIpc) is 2.35. The molecule has 0 saturated heterocycles. The predicted octanol–water partition coefficient (Wildman–Crippen LogP) is 4.42. The molecule has 4 heteroatoms. The lowest BCUT2D eigenvalue weighted by Gasteiger charge is -2.04. The van der Waals surface area contributed by atoms with E-state index in [2.05, 4.69) is 6.58 Å². The Kier molecular flexibility index (Phi) is 5.62. The fourth-order valence-electron chi connectivity index (χ4n) is 1.63. The molecular weight excluding hydrogens is 241 g/mol. The molecule has 1 aromatic rings. The molecule has 0 saturated carbocycles. The number of unbranched alkanes of at least 4 members (excludes halogenated alkanes) is 3. The number of allylic oxidation sites excluding steroid dienone is 1. The molecule has 0 spiro atoms. The van der Waals surface area contributed by atoms with Gasteiger partial charge in [-0.15, -0.1) is 6.58 Å². The third-order valence-corrected chi connectivity index (χ3v) is 2.65. The maximum absolute atomic E-state index is 13.3. The minimum Gasteiger partial charge on any atom is -0.294 e. The van der Waals surface area contributed by atoms with E-state index in [0.717, 1.165) is 31.4 Å². The standard InChI is InChI=1S/C14H15F3O/c1-2-3-4-5-6-7-12(18)10-8-9-11(15)14(17)13(10)16/h2,8-9H,1,3-7H2. The van der Waals surface area contributed by atoms with Gasteiger partial charge in [-0.05, 0) is 31.4 Å². The molecule has 1 rings (SSSR count). The molecule has 0 aromatic heterocycles. The number of benzene rings is 1. The molecule has 0 aliphatic rings. The van der Waals surface area contributed by atoms with Crippen LogP contribution in [0.15, 0.2) is 24.8 Å². The highest BCUT2D eigenvalue weighted by molar-refractivity contribution is 5.96. The Morgan fingerprint density at radius 2 is 1.83 bits per heavy atom. The smallest absolute Gasteiger partial charge is 0.195 e. The van der Waals surface area contributed by atoms with Crippen molar-refractivity contribution in [3.8, 4) is 0 Å². The molecule has 18 heavy (non-hydrogen) atoms. The third-order valence-electron chi connectivity index (χ3n) is 2.65. The summed E-state index contributed by atoms with van der Waals surface area (Å²) in [5, 5.41) is 0. The second kappa shape index (κ2) is 6.99. The molecule has 0 bridgehead atoms. The van der Waals surface area contributed by atoms with Gasteiger partial charge in [0.15, 0.2) is 23.2 Å². The Morgan fingerprint density at radius 1 is 1.11 bits per heavy atom. The van der Waals surface area contributed by atoms with Crippen molar-refractivity contribution in [1.82, 2.24) is 0 Å². The van der Waals surface area contributed by atoms with Crippen molar-refractivity contribution >= 4 is 5.78 Å². The highest BCUT2D eigenvalue weighted by Gasteiger charge is 2.18. The van der Waals surface area contributed by atoms with Crippen LogP contribution in [0.25, 0.3) is 0 Å². The van der Waals surface area contributed by atoms with Gasteiger partial charge in [-0.3, -0.25) is 4.79 Å². The molecule has 0 aliphatic carbocycles. The quantitative estimate of drug-likeness (QED) is 0.305. The van der Waals surface area contributed by atoms with Crippen LogP contribution in [0.5, 0.6) is 0 Å². The number of hydrogen-bond donors (Lipinski definition) is 0. The van der Waals surface area contributed by atoms with Crippen LogP contribution in [0.3, 0.4) is 0 Å². The summed E-state index contributed by atoms with van der Waals surface area (Å²) in [6.07, 6.45) is 5.13. The average molecular weight is 256 g/mol. The maximum atomic E-state index is 13.3. The van der Waals surface area contributed by atoms with Gasteiger partial charge in [-0.2, -0.15) is 0 Å². The number of carbonyl (C=O) groups is 1. The summed E-state index contributed by atoms with van der Waals surface area (Å²) < 4.78 is 38.9. The van der Waals surface area contributed by atoms with Crippen molar-refractivity contribution in [2.24, 2.45) is 0 Å². The Hall–Kier alpha value is -1.58. The first-order valence-corrected chi connectivity index (χ1v) is 5.85. The summed E-state index contributed by atoms with van der Waals surface area (Å²) in [6, 6.07) is 1.75. The molecule has 1 nitrogen and oxygen atoms in total. The van der Waals surface area contributed by atoms with Gasteiger partial charge >= 0.3 is 0 Å². The highest BCUT2D eigenvalue weighted by atomic mass is 19.2. The van der Waals surface area contributed by atoms with Gasteiger partial charge in [0.1, 0.15) is 0 Å². The van der Waals surface area contributed by atoms with Gasteiger partial charge < -0.3 is 0 Å². The zero-order valence-electron chi connectivity index (χ0n) is 10.0. The molecule has 0 heterocycles. The van der Waals surface area contributed by atoms with Crippen molar-refractivity contribution in [2.45, 2.75) is 32.1 Å². The van der Waals surface area contributed by atoms with Crippen molar-refractivity contribution < 1.29 is 18.0 Å². The van der Waals surface area contributed by atoms with Gasteiger partial charge in [-0.25, -0.2) is 13.2 Å². The zero-order chi connectivity index (χ0) is 13.5. The van der Waals surface area contributed by atoms with Crippen LogP contribution in [0, 0.1) is 17.5 Å². The maximum Gasteiger partial charge on any atom is 0.195 e. The van der Waals surface area contributed by atoms with Gasteiger partial charge in [0.25, 0.3) is 0 Å². The summed E-state index contributed by atoms with van der Waals surface area (Å²) >= 11 is 0. The number of ketones is 1. The number of hydrogen-bond acceptors (Lipinski definition) is 1. The second-order valence-electron chi connectivity index (χ2n) is 4.03. The van der Waals surface area contributed by atoms with E-state index in [1.165, 1.54) is 0 Å². The van der Waals surface area contributed by atoms with Crippen molar-refractivity contribution in [3.05, 3.63) is 47.8 Å². The summed E-state index contributed by atoms with van der Waals surface area (Å²) in [5.74, 6) is -4.77. The molecule has 0 unspecified atom stereocenters. The zero-order valence-corrected chi connectivity index (χ0v) is 10.0. The number of rotatable bonds is 7. The summed E-state index contributed by atoms with van der Waals surface area (Å²) in [6.45, 7) is 3.58. The van der Waals surface area contributed by atoms with E-state index in [4.69, 9.17) is 0 Å². The lowest BCUT2D eigenvalue weighted by Crippen LogP contribution is -2.05. The largest absolute Gasteiger partial charge is 0.294 e. The molecule has 0 aliphatic heterocycles. The van der Waals surface area contributed by atoms with E-state index < -0.39 is 23.2 Å². The molecule has 1 aromatic carbocycles. The van der Waals surface area contributed by atoms with Gasteiger partial charge in [0, 0.05) is 6.42 Å². The molecule has 0 atom stereocenters. The first-order valence-electron chi connectivity index (χ1n) is 5.85. The fourth-order valence-corrected chi connectivity index (χ4v) is 1.63. The van der Waals surface area contributed by atoms with E-state index in [0.29, 0.717) is 6.42 Å². The van der Waals surface area contributed by atoms with Crippen LogP contribution in [0.4, 0.5) is 13.2 Å². The normalized spacial score (nSPS) is 10.4. The molecule has 0 amide bonds. The van der Waals surface area contributed by atoms with Crippen LogP contribution in [-0.4, -0.2) is 5.78 Å². The van der Waals surface area contributed by atoms with E-state index in [1.807, 2.05) is 0 Å². The Bertz CT molecular complexity index is 441. The van der Waals surface area contributed by atoms with E-state index in [-0.39, 0.29) is 12.0 Å². The monoisotopic (exact) mass is 256 g/mol. The molecular formula is C14H15F3O. The van der Waals surface area contributed by atoms with Gasteiger partial charge in [-0.1, -0.05) is 12.5 Å². The highest BCUT2D eigenvalue weighted by Crippen LogP contribution is 2.18. The summed E-state index contributed by atoms with van der Waals surface area (Å²) in [4.78, 5) is 11.6. The molecule has 0 radical (unpaired) electrons. The van der Waals surface area contributed by atoms with Crippen molar-refractivity contribution in [1.29, 1.82) is 0 Å².